The molecule has 4 nitrogen and oxygen atoms in total. The first kappa shape index (κ1) is 24.7. The summed E-state index contributed by atoms with van der Waals surface area (Å²) in [4.78, 5) is 22.8. The molecule has 1 amide bonds. The molecule has 0 saturated carbocycles. The molecule has 1 N–H and O–H groups in total. The summed E-state index contributed by atoms with van der Waals surface area (Å²) in [6, 6.07) is -0.416. The Labute approximate surface area is 172 Å². The van der Waals surface area contributed by atoms with E-state index in [-0.39, 0.29) is 11.9 Å². The fourth-order valence-corrected chi connectivity index (χ4v) is 3.59. The first-order valence-corrected chi connectivity index (χ1v) is 11.8. The van der Waals surface area contributed by atoms with Crippen LogP contribution in [0.5, 0.6) is 0 Å². The maximum Gasteiger partial charge on any atom is 0.328 e. The molecule has 4 heteroatoms. The summed E-state index contributed by atoms with van der Waals surface area (Å²) in [5, 5.41) is 2.64. The first-order chi connectivity index (χ1) is 13.7. The summed E-state index contributed by atoms with van der Waals surface area (Å²) in [6.07, 6.45) is 25.0. The molecule has 28 heavy (non-hydrogen) atoms. The zero-order valence-electron chi connectivity index (χ0n) is 18.2. The van der Waals surface area contributed by atoms with Gasteiger partial charge in [0.15, 0.2) is 0 Å². The molecule has 1 aliphatic heterocycles. The van der Waals surface area contributed by atoms with Gasteiger partial charge in [-0.25, -0.2) is 4.79 Å². The van der Waals surface area contributed by atoms with Gasteiger partial charge in [0.1, 0.15) is 6.04 Å². The second kappa shape index (κ2) is 17.8. The number of allylic oxidation sites excluding steroid dienone is 2. The molecule has 0 radical (unpaired) electrons. The zero-order valence-corrected chi connectivity index (χ0v) is 18.2. The molecule has 0 aliphatic carbocycles. The van der Waals surface area contributed by atoms with E-state index in [9.17, 15) is 9.59 Å². The van der Waals surface area contributed by atoms with Crippen molar-refractivity contribution in [2.45, 2.75) is 122 Å². The molecular formula is C24H43NO3. The average molecular weight is 394 g/mol. The monoisotopic (exact) mass is 393 g/mol. The molecule has 1 aliphatic rings. The molecule has 0 bridgehead atoms. The smallest absolute Gasteiger partial charge is 0.328 e. The number of carbonyl (C=O) groups is 2. The van der Waals surface area contributed by atoms with Crippen LogP contribution in [0.2, 0.25) is 0 Å². The first-order valence-electron chi connectivity index (χ1n) is 11.8. The van der Waals surface area contributed by atoms with Gasteiger partial charge in [-0.3, -0.25) is 4.79 Å². The van der Waals surface area contributed by atoms with Crippen LogP contribution >= 0.6 is 0 Å². The van der Waals surface area contributed by atoms with Gasteiger partial charge in [-0.1, -0.05) is 76.9 Å². The Morgan fingerprint density at radius 1 is 0.893 bits per heavy atom. The fourth-order valence-electron chi connectivity index (χ4n) is 3.59. The highest BCUT2D eigenvalue weighted by molar-refractivity contribution is 5.87. The third-order valence-corrected chi connectivity index (χ3v) is 5.43. The number of hydrogen-bond acceptors (Lipinski definition) is 3. The highest BCUT2D eigenvalue weighted by Crippen LogP contribution is 2.12. The number of hydrogen-bond donors (Lipinski definition) is 1. The van der Waals surface area contributed by atoms with Crippen molar-refractivity contribution < 1.29 is 14.3 Å². The van der Waals surface area contributed by atoms with Gasteiger partial charge < -0.3 is 10.1 Å². The SMILES string of the molecule is CCCCCCCCCCCC/C=C/CCCCCOC(=O)[C@@H]1CCC(=O)N1. The normalized spacial score (nSPS) is 16.6. The Balaban J connectivity index is 1.76. The quantitative estimate of drug-likeness (QED) is 0.170. The Morgan fingerprint density at radius 2 is 1.43 bits per heavy atom. The molecular weight excluding hydrogens is 350 g/mol. The second-order valence-corrected chi connectivity index (χ2v) is 8.12. The van der Waals surface area contributed by atoms with Crippen molar-refractivity contribution in [3.05, 3.63) is 12.2 Å². The van der Waals surface area contributed by atoms with Gasteiger partial charge >= 0.3 is 5.97 Å². The van der Waals surface area contributed by atoms with Gasteiger partial charge in [0.25, 0.3) is 0 Å². The second-order valence-electron chi connectivity index (χ2n) is 8.12. The third-order valence-electron chi connectivity index (χ3n) is 5.43. The van der Waals surface area contributed by atoms with E-state index in [0.717, 1.165) is 25.7 Å². The molecule has 0 unspecified atom stereocenters. The van der Waals surface area contributed by atoms with E-state index in [0.29, 0.717) is 19.4 Å². The van der Waals surface area contributed by atoms with Gasteiger partial charge in [-0.2, -0.15) is 0 Å². The van der Waals surface area contributed by atoms with E-state index in [2.05, 4.69) is 24.4 Å². The fraction of sp³-hybridized carbons (Fsp3) is 0.833. The number of rotatable bonds is 18. The molecule has 1 atom stereocenters. The maximum absolute atomic E-state index is 11.7. The molecule has 1 heterocycles. The summed E-state index contributed by atoms with van der Waals surface area (Å²) in [6.45, 7) is 2.74. The molecule has 0 aromatic carbocycles. The topological polar surface area (TPSA) is 55.4 Å². The van der Waals surface area contributed by atoms with Crippen LogP contribution < -0.4 is 5.32 Å². The molecule has 1 saturated heterocycles. The van der Waals surface area contributed by atoms with Crippen molar-refractivity contribution in [2.24, 2.45) is 0 Å². The number of nitrogens with one attached hydrogen (secondary N) is 1. The van der Waals surface area contributed by atoms with Crippen molar-refractivity contribution >= 4 is 11.9 Å². The number of ether oxygens (including phenoxy) is 1. The van der Waals surface area contributed by atoms with Crippen LogP contribution in [0.4, 0.5) is 0 Å². The van der Waals surface area contributed by atoms with E-state index in [1.165, 1.54) is 70.6 Å². The minimum Gasteiger partial charge on any atom is -0.464 e. The Bertz CT molecular complexity index is 434. The maximum atomic E-state index is 11.7. The van der Waals surface area contributed by atoms with Crippen LogP contribution in [-0.4, -0.2) is 24.5 Å². The predicted molar refractivity (Wildman–Crippen MR) is 116 cm³/mol. The molecule has 1 fully saturated rings. The predicted octanol–water partition coefficient (Wildman–Crippen LogP) is 6.24. The van der Waals surface area contributed by atoms with Gasteiger partial charge in [0.2, 0.25) is 5.91 Å². The van der Waals surface area contributed by atoms with Crippen molar-refractivity contribution in [2.75, 3.05) is 6.61 Å². The minimum absolute atomic E-state index is 0.0495. The van der Waals surface area contributed by atoms with Crippen molar-refractivity contribution in [3.63, 3.8) is 0 Å². The molecule has 0 aromatic rings. The van der Waals surface area contributed by atoms with E-state index >= 15 is 0 Å². The third kappa shape index (κ3) is 13.8. The Hall–Kier alpha value is -1.32. The van der Waals surface area contributed by atoms with Crippen molar-refractivity contribution in [1.29, 1.82) is 0 Å². The molecule has 0 aromatic heterocycles. The largest absolute Gasteiger partial charge is 0.464 e. The summed E-state index contributed by atoms with van der Waals surface area (Å²) in [5.74, 6) is -0.325. The van der Waals surface area contributed by atoms with Crippen LogP contribution in [0.15, 0.2) is 12.2 Å². The van der Waals surface area contributed by atoms with Gasteiger partial charge in [-0.05, 0) is 44.9 Å². The van der Waals surface area contributed by atoms with Gasteiger partial charge in [-0.15, -0.1) is 0 Å². The van der Waals surface area contributed by atoms with Crippen LogP contribution in [0, 0.1) is 0 Å². The van der Waals surface area contributed by atoms with E-state index in [4.69, 9.17) is 4.74 Å². The summed E-state index contributed by atoms with van der Waals surface area (Å²) in [5.41, 5.74) is 0. The molecule has 0 spiro atoms. The van der Waals surface area contributed by atoms with Crippen LogP contribution in [0.25, 0.3) is 0 Å². The number of amides is 1. The van der Waals surface area contributed by atoms with Crippen molar-refractivity contribution in [1.82, 2.24) is 5.32 Å². The lowest BCUT2D eigenvalue weighted by Crippen LogP contribution is -2.34. The number of carbonyl (C=O) groups excluding carboxylic acids is 2. The van der Waals surface area contributed by atoms with Gasteiger partial charge in [0, 0.05) is 6.42 Å². The lowest BCUT2D eigenvalue weighted by molar-refractivity contribution is -0.146. The lowest BCUT2D eigenvalue weighted by Gasteiger charge is -2.09. The van der Waals surface area contributed by atoms with Crippen LogP contribution in [0.3, 0.4) is 0 Å². The Morgan fingerprint density at radius 3 is 1.96 bits per heavy atom. The minimum atomic E-state index is -0.416. The van der Waals surface area contributed by atoms with E-state index in [1.54, 1.807) is 0 Å². The van der Waals surface area contributed by atoms with Crippen LogP contribution in [-0.2, 0) is 14.3 Å². The van der Waals surface area contributed by atoms with Gasteiger partial charge in [0.05, 0.1) is 6.61 Å². The molecule has 162 valence electrons. The van der Waals surface area contributed by atoms with Crippen molar-refractivity contribution in [3.8, 4) is 0 Å². The van der Waals surface area contributed by atoms with Crippen LogP contribution in [0.1, 0.15) is 116 Å². The lowest BCUT2D eigenvalue weighted by atomic mass is 10.1. The highest BCUT2D eigenvalue weighted by atomic mass is 16.5. The number of esters is 1. The van der Waals surface area contributed by atoms with E-state index in [1.807, 2.05) is 0 Å². The highest BCUT2D eigenvalue weighted by Gasteiger charge is 2.28. The number of unbranched alkanes of at least 4 members (excludes halogenated alkanes) is 13. The zero-order chi connectivity index (χ0) is 20.3. The summed E-state index contributed by atoms with van der Waals surface area (Å²) in [7, 11) is 0. The average Bonchev–Trinajstić information content (AvgIpc) is 3.13. The van der Waals surface area contributed by atoms with E-state index < -0.39 is 6.04 Å². The Kier molecular flexibility index (Phi) is 15.7. The summed E-state index contributed by atoms with van der Waals surface area (Å²) >= 11 is 0. The molecule has 1 rings (SSSR count). The summed E-state index contributed by atoms with van der Waals surface area (Å²) < 4.78 is 5.23. The standard InChI is InChI=1S/C24H43NO3/c1-2-3-4-5-6-7-8-9-10-11-12-13-14-15-16-17-18-21-28-24(27)22-19-20-23(26)25-22/h13-14,22H,2-12,15-21H2,1H3,(H,25,26)/b14-13+/t22-/m0/s1.